The highest BCUT2D eigenvalue weighted by atomic mass is 19.3. The number of halogens is 2. The number of rotatable bonds is 10. The molecule has 16 heteroatoms. The first kappa shape index (κ1) is 47.5. The van der Waals surface area contributed by atoms with Crippen molar-refractivity contribution >= 4 is 34.6 Å². The van der Waals surface area contributed by atoms with E-state index < -0.39 is 65.2 Å². The van der Waals surface area contributed by atoms with Crippen LogP contribution in [0.15, 0.2) is 54.7 Å². The van der Waals surface area contributed by atoms with Crippen molar-refractivity contribution in [3.05, 3.63) is 71.5 Å². The number of carbonyl (C=O) groups excluding carboxylic acids is 4. The third kappa shape index (κ3) is 9.48. The van der Waals surface area contributed by atoms with Crippen LogP contribution in [0, 0.1) is 11.3 Å². The Kier molecular flexibility index (Phi) is 14.0. The molecule has 350 valence electrons. The molecule has 5 atom stereocenters. The monoisotopic (exact) mass is 900 g/mol. The lowest BCUT2D eigenvalue weighted by atomic mass is 9.84. The molecule has 2 aromatic carbocycles. The zero-order valence-corrected chi connectivity index (χ0v) is 38.6. The summed E-state index contributed by atoms with van der Waals surface area (Å²) in [6.45, 7) is 12.4. The van der Waals surface area contributed by atoms with E-state index in [0.29, 0.717) is 36.9 Å². The SMILES string of the molecule is CCn1c(-c2cccnc2[C@H](C)OC)c2c3cc(ccc31)-c1cc(O)cc(c1)C[C@H](NC(=O)[C@H](C(C)C)N(C)C(=O)C1(C(F)F)CCCO1)C(=O)N1CCC[C@H](N1)C(=O)OCC(C)(C)C2. The molecule has 2 saturated heterocycles. The third-order valence-corrected chi connectivity index (χ3v) is 13.1. The van der Waals surface area contributed by atoms with Crippen molar-refractivity contribution in [2.45, 2.75) is 123 Å². The maximum atomic E-state index is 14.6. The lowest BCUT2D eigenvalue weighted by Crippen LogP contribution is -2.63. The number of phenols is 1. The van der Waals surface area contributed by atoms with Gasteiger partial charge in [0.15, 0.2) is 0 Å². The second kappa shape index (κ2) is 19.2. The van der Waals surface area contributed by atoms with Gasteiger partial charge in [-0.05, 0) is 111 Å². The van der Waals surface area contributed by atoms with Gasteiger partial charge in [-0.1, -0.05) is 39.8 Å². The van der Waals surface area contributed by atoms with Gasteiger partial charge >= 0.3 is 5.97 Å². The number of hydrazine groups is 1. The topological polar surface area (TPSA) is 165 Å². The number of hydrogen-bond acceptors (Lipinski definition) is 10. The molecule has 3 amide bonds. The summed E-state index contributed by atoms with van der Waals surface area (Å²) in [4.78, 5) is 62.5. The lowest BCUT2D eigenvalue weighted by Gasteiger charge is -2.38. The van der Waals surface area contributed by atoms with Crippen LogP contribution in [0.3, 0.4) is 0 Å². The maximum Gasteiger partial charge on any atom is 0.324 e. The summed E-state index contributed by atoms with van der Waals surface area (Å²) in [6.07, 6.45) is -0.333. The van der Waals surface area contributed by atoms with Crippen LogP contribution < -0.4 is 10.7 Å². The second-order valence-electron chi connectivity index (χ2n) is 18.8. The van der Waals surface area contributed by atoms with Crippen molar-refractivity contribution in [2.24, 2.45) is 11.3 Å². The second-order valence-corrected chi connectivity index (χ2v) is 18.8. The van der Waals surface area contributed by atoms with Crippen LogP contribution in [-0.2, 0) is 52.8 Å². The summed E-state index contributed by atoms with van der Waals surface area (Å²) in [5.74, 6) is -3.47. The number of amides is 3. The fraction of sp³-hybridized carbons (Fsp3) is 0.531. The van der Waals surface area contributed by atoms with Crippen molar-refractivity contribution < 1.29 is 47.3 Å². The van der Waals surface area contributed by atoms with Crippen molar-refractivity contribution in [2.75, 3.05) is 33.9 Å². The third-order valence-electron chi connectivity index (χ3n) is 13.1. The molecule has 0 radical (unpaired) electrons. The number of hydrogen-bond donors (Lipinski definition) is 3. The predicted octanol–water partition coefficient (Wildman–Crippen LogP) is 6.75. The van der Waals surface area contributed by atoms with Crippen LogP contribution in [0.25, 0.3) is 33.3 Å². The number of likely N-dealkylation sites (N-methyl/N-ethyl adjacent to an activating group) is 1. The van der Waals surface area contributed by atoms with Gasteiger partial charge in [-0.25, -0.2) is 14.2 Å². The van der Waals surface area contributed by atoms with Crippen molar-refractivity contribution in [3.8, 4) is 28.1 Å². The van der Waals surface area contributed by atoms with E-state index in [2.05, 4.69) is 40.4 Å². The summed E-state index contributed by atoms with van der Waals surface area (Å²) >= 11 is 0. The minimum absolute atomic E-state index is 0.0118. The van der Waals surface area contributed by atoms with Gasteiger partial charge in [-0.2, -0.15) is 0 Å². The number of phenolic OH excluding ortho intramolecular Hbond substituents is 1. The Hall–Kier alpha value is -5.45. The van der Waals surface area contributed by atoms with Crippen LogP contribution in [0.5, 0.6) is 5.75 Å². The molecule has 0 saturated carbocycles. The van der Waals surface area contributed by atoms with E-state index in [-0.39, 0.29) is 50.9 Å². The molecule has 1 unspecified atom stereocenters. The van der Waals surface area contributed by atoms with Crippen LogP contribution in [-0.4, -0.2) is 112 Å². The Bertz CT molecular complexity index is 2430. The molecular formula is C49H62F2N6O8. The smallest absolute Gasteiger partial charge is 0.324 e. The number of aromatic hydroxyl groups is 1. The molecule has 3 N–H and O–H groups in total. The Balaban J connectivity index is 1.34. The van der Waals surface area contributed by atoms with Crippen LogP contribution in [0.1, 0.15) is 90.2 Å². The fourth-order valence-corrected chi connectivity index (χ4v) is 9.77. The Morgan fingerprint density at radius 3 is 2.54 bits per heavy atom. The molecule has 3 aliphatic heterocycles. The number of alkyl halides is 2. The van der Waals surface area contributed by atoms with E-state index in [1.165, 1.54) is 18.1 Å². The molecule has 6 bridgehead atoms. The van der Waals surface area contributed by atoms with E-state index in [1.807, 2.05) is 39.0 Å². The first-order chi connectivity index (χ1) is 30.9. The van der Waals surface area contributed by atoms with Gasteiger partial charge in [-0.3, -0.25) is 29.2 Å². The largest absolute Gasteiger partial charge is 0.508 e. The quantitative estimate of drug-likeness (QED) is 0.145. The Morgan fingerprint density at radius 1 is 1.09 bits per heavy atom. The van der Waals surface area contributed by atoms with Gasteiger partial charge in [0.05, 0.1) is 24.1 Å². The summed E-state index contributed by atoms with van der Waals surface area (Å²) in [7, 11) is 2.95. The van der Waals surface area contributed by atoms with Crippen LogP contribution in [0.4, 0.5) is 8.78 Å². The number of ether oxygens (including phenoxy) is 3. The molecule has 2 fully saturated rings. The molecule has 14 nitrogen and oxygen atoms in total. The number of aromatic nitrogens is 2. The molecule has 4 aromatic rings. The molecule has 3 aliphatic rings. The Labute approximate surface area is 378 Å². The molecule has 2 aromatic heterocycles. The number of carbonyl (C=O) groups is 4. The molecule has 5 heterocycles. The van der Waals surface area contributed by atoms with Crippen molar-refractivity contribution in [1.82, 2.24) is 30.2 Å². The van der Waals surface area contributed by atoms with E-state index in [0.717, 1.165) is 43.9 Å². The van der Waals surface area contributed by atoms with Crippen molar-refractivity contribution in [1.29, 1.82) is 0 Å². The summed E-state index contributed by atoms with van der Waals surface area (Å²) in [5, 5.41) is 16.4. The van der Waals surface area contributed by atoms with E-state index in [4.69, 9.17) is 19.2 Å². The predicted molar refractivity (Wildman–Crippen MR) is 241 cm³/mol. The molecular weight excluding hydrogens is 839 g/mol. The van der Waals surface area contributed by atoms with Gasteiger partial charge in [0.1, 0.15) is 23.9 Å². The number of benzene rings is 2. The van der Waals surface area contributed by atoms with Gasteiger partial charge in [0.25, 0.3) is 18.2 Å². The lowest BCUT2D eigenvalue weighted by molar-refractivity contribution is -0.174. The number of cyclic esters (lactones) is 1. The summed E-state index contributed by atoms with van der Waals surface area (Å²) in [5.41, 5.74) is 6.76. The van der Waals surface area contributed by atoms with Gasteiger partial charge < -0.3 is 34.1 Å². The van der Waals surface area contributed by atoms with E-state index >= 15 is 0 Å². The highest BCUT2D eigenvalue weighted by Gasteiger charge is 2.54. The number of aryl methyl sites for hydroxylation is 1. The molecule has 0 spiro atoms. The standard InChI is InChI=1S/C49H62F2N6O8/c1-9-56-39-16-15-31-25-35(39)36(42(56)34-13-10-18-52-40(34)29(4)63-8)26-48(5,6)27-64-45(61)37-14-11-19-57(54-37)44(60)38(23-30-21-32(31)24-33(58)22-30)53-43(59)41(28(2)3)55(7)47(62)49(46(50)51)17-12-20-65-49/h10,13,15-16,18,21-22,24-25,28-29,37-38,41,46,54,58H,9,11-12,14,17,19-20,23,26-27H2,1-8H3,(H,53,59)/t29-,37-,38-,41-,49?/m0/s1. The Morgan fingerprint density at radius 2 is 1.86 bits per heavy atom. The molecule has 7 rings (SSSR count). The average Bonchev–Trinajstić information content (AvgIpc) is 3.90. The minimum Gasteiger partial charge on any atom is -0.508 e. The minimum atomic E-state index is -3.12. The zero-order valence-electron chi connectivity index (χ0n) is 38.6. The van der Waals surface area contributed by atoms with E-state index in [9.17, 15) is 33.1 Å². The summed E-state index contributed by atoms with van der Waals surface area (Å²) < 4.78 is 48.4. The number of methoxy groups -OCH3 is 1. The number of esters is 1. The van der Waals surface area contributed by atoms with Crippen molar-refractivity contribution in [3.63, 3.8) is 0 Å². The van der Waals surface area contributed by atoms with E-state index in [1.54, 1.807) is 33.2 Å². The normalized spacial score (nSPS) is 22.4. The van der Waals surface area contributed by atoms with Crippen LogP contribution in [0.2, 0.25) is 0 Å². The van der Waals surface area contributed by atoms with Gasteiger partial charge in [-0.15, -0.1) is 0 Å². The highest BCUT2D eigenvalue weighted by molar-refractivity contribution is 5.96. The fourth-order valence-electron chi connectivity index (χ4n) is 9.77. The number of nitrogens with one attached hydrogen (secondary N) is 2. The average molecular weight is 901 g/mol. The maximum absolute atomic E-state index is 14.6. The van der Waals surface area contributed by atoms with Crippen LogP contribution >= 0.6 is 0 Å². The summed E-state index contributed by atoms with van der Waals surface area (Å²) in [6, 6.07) is 11.7. The highest BCUT2D eigenvalue weighted by Crippen LogP contribution is 2.42. The number of nitrogens with zero attached hydrogens (tertiary/aromatic N) is 4. The number of pyridine rings is 1. The number of fused-ring (bicyclic) bond motifs is 6. The first-order valence-electron chi connectivity index (χ1n) is 22.6. The molecule has 0 aliphatic carbocycles. The molecule has 65 heavy (non-hydrogen) atoms. The van der Waals surface area contributed by atoms with Gasteiger partial charge in [0.2, 0.25) is 11.5 Å². The first-order valence-corrected chi connectivity index (χ1v) is 22.6. The zero-order chi connectivity index (χ0) is 47.0. The van der Waals surface area contributed by atoms with Gasteiger partial charge in [0, 0.05) is 68.4 Å².